The predicted molar refractivity (Wildman–Crippen MR) is 110 cm³/mol. The van der Waals surface area contributed by atoms with Crippen LogP contribution in [-0.4, -0.2) is 25.7 Å². The molecule has 9 heteroatoms. The van der Waals surface area contributed by atoms with Gasteiger partial charge in [-0.2, -0.15) is 14.9 Å². The summed E-state index contributed by atoms with van der Waals surface area (Å²) in [6, 6.07) is 5.83. The third-order valence-electron chi connectivity index (χ3n) is 4.50. The second-order valence-electron chi connectivity index (χ2n) is 6.28. The number of thiophene rings is 1. The molecule has 6 nitrogen and oxygen atoms in total. The van der Waals surface area contributed by atoms with Crippen molar-refractivity contribution in [2.45, 2.75) is 20.8 Å². The Hall–Kier alpha value is -2.84. The average molecular weight is 416 g/mol. The van der Waals surface area contributed by atoms with Crippen molar-refractivity contribution in [2.75, 3.05) is 0 Å². The smallest absolute Gasteiger partial charge is 0.267 e. The number of benzene rings is 1. The molecule has 142 valence electrons. The summed E-state index contributed by atoms with van der Waals surface area (Å²) >= 11 is 7.93. The summed E-state index contributed by atoms with van der Waals surface area (Å²) in [5, 5.41) is 9.52. The lowest BCUT2D eigenvalue weighted by Crippen LogP contribution is -2.17. The van der Waals surface area contributed by atoms with Crippen LogP contribution >= 0.6 is 22.9 Å². The predicted octanol–water partition coefficient (Wildman–Crippen LogP) is 4.24. The Bertz CT molecular complexity index is 1290. The van der Waals surface area contributed by atoms with E-state index < -0.39 is 0 Å². The molecule has 4 aromatic rings. The van der Waals surface area contributed by atoms with Gasteiger partial charge >= 0.3 is 0 Å². The molecule has 0 aliphatic heterocycles. The molecular formula is C19H15ClFN5OS. The monoisotopic (exact) mass is 415 g/mol. The van der Waals surface area contributed by atoms with Crippen LogP contribution in [0, 0.1) is 26.6 Å². The highest BCUT2D eigenvalue weighted by Gasteiger charge is 2.15. The van der Waals surface area contributed by atoms with E-state index in [1.54, 1.807) is 19.1 Å². The fraction of sp³-hybridized carbons (Fsp3) is 0.158. The Labute approximate surface area is 168 Å². The van der Waals surface area contributed by atoms with Gasteiger partial charge < -0.3 is 0 Å². The SMILES string of the molecule is Cc1nn(-c2ccc(F)cc2)c(Cl)c1/C=N\n1cnc2sc(C)c(C)c2c1=O. The molecule has 0 aliphatic rings. The molecule has 0 unspecified atom stereocenters. The standard InChI is InChI=1S/C19H15ClFN5OS/c1-10-12(3)28-18-16(10)19(27)25(9-22-18)23-8-15-11(2)24-26(17(15)20)14-6-4-13(21)5-7-14/h4-9H,1-3H3/b23-8-. The first kappa shape index (κ1) is 18.5. The largest absolute Gasteiger partial charge is 0.282 e. The second kappa shape index (κ2) is 6.96. The number of hydrogen-bond acceptors (Lipinski definition) is 5. The maximum atomic E-state index is 13.2. The van der Waals surface area contributed by atoms with E-state index in [-0.39, 0.29) is 11.4 Å². The first-order chi connectivity index (χ1) is 13.4. The Morgan fingerprint density at radius 2 is 1.93 bits per heavy atom. The lowest BCUT2D eigenvalue weighted by atomic mass is 10.2. The molecule has 4 rings (SSSR count). The lowest BCUT2D eigenvalue weighted by molar-refractivity contribution is 0.627. The summed E-state index contributed by atoms with van der Waals surface area (Å²) in [6.45, 7) is 5.64. The maximum absolute atomic E-state index is 13.2. The van der Waals surface area contributed by atoms with Crippen LogP contribution in [0.2, 0.25) is 5.15 Å². The molecule has 0 saturated carbocycles. The first-order valence-corrected chi connectivity index (χ1v) is 9.59. The van der Waals surface area contributed by atoms with E-state index >= 15 is 0 Å². The van der Waals surface area contributed by atoms with Gasteiger partial charge in [0, 0.05) is 4.88 Å². The normalized spacial score (nSPS) is 11.8. The van der Waals surface area contributed by atoms with Crippen molar-refractivity contribution < 1.29 is 4.39 Å². The molecule has 0 saturated heterocycles. The molecule has 0 N–H and O–H groups in total. The van der Waals surface area contributed by atoms with Crippen LogP contribution < -0.4 is 5.56 Å². The minimum absolute atomic E-state index is 0.234. The molecular weight excluding hydrogens is 401 g/mol. The number of fused-ring (bicyclic) bond motifs is 1. The molecule has 0 bridgehead atoms. The second-order valence-corrected chi connectivity index (χ2v) is 7.84. The summed E-state index contributed by atoms with van der Waals surface area (Å²) < 4.78 is 15.8. The van der Waals surface area contributed by atoms with E-state index in [0.29, 0.717) is 32.3 Å². The maximum Gasteiger partial charge on any atom is 0.282 e. The number of aromatic nitrogens is 4. The Morgan fingerprint density at radius 3 is 2.64 bits per heavy atom. The van der Waals surface area contributed by atoms with Crippen molar-refractivity contribution in [1.29, 1.82) is 0 Å². The van der Waals surface area contributed by atoms with Gasteiger partial charge in [0.1, 0.15) is 22.1 Å². The van der Waals surface area contributed by atoms with Crippen LogP contribution in [0.25, 0.3) is 15.9 Å². The fourth-order valence-electron chi connectivity index (χ4n) is 2.84. The number of nitrogens with zero attached hydrogens (tertiary/aromatic N) is 5. The molecule has 3 aromatic heterocycles. The van der Waals surface area contributed by atoms with Gasteiger partial charge in [0.25, 0.3) is 5.56 Å². The number of hydrogen-bond donors (Lipinski definition) is 0. The van der Waals surface area contributed by atoms with E-state index in [4.69, 9.17) is 11.6 Å². The third kappa shape index (κ3) is 3.04. The highest BCUT2D eigenvalue weighted by molar-refractivity contribution is 7.18. The molecule has 28 heavy (non-hydrogen) atoms. The molecule has 0 radical (unpaired) electrons. The lowest BCUT2D eigenvalue weighted by Gasteiger charge is -2.02. The molecule has 1 aromatic carbocycles. The van der Waals surface area contributed by atoms with Crippen molar-refractivity contribution in [3.63, 3.8) is 0 Å². The molecule has 0 aliphatic carbocycles. The van der Waals surface area contributed by atoms with Crippen LogP contribution in [0.1, 0.15) is 21.7 Å². The number of halogens is 2. The van der Waals surface area contributed by atoms with E-state index in [0.717, 1.165) is 10.4 Å². The highest BCUT2D eigenvalue weighted by Crippen LogP contribution is 2.25. The molecule has 0 spiro atoms. The minimum atomic E-state index is -0.341. The van der Waals surface area contributed by atoms with Crippen LogP contribution in [0.15, 0.2) is 40.5 Å². The Kier molecular flexibility index (Phi) is 4.60. The summed E-state index contributed by atoms with van der Waals surface area (Å²) in [5.41, 5.74) is 2.50. The zero-order chi connectivity index (χ0) is 20.0. The van der Waals surface area contributed by atoms with Gasteiger partial charge in [-0.05, 0) is 50.6 Å². The minimum Gasteiger partial charge on any atom is -0.267 e. The average Bonchev–Trinajstić information content (AvgIpc) is 3.12. The summed E-state index contributed by atoms with van der Waals surface area (Å²) in [6.07, 6.45) is 2.87. The summed E-state index contributed by atoms with van der Waals surface area (Å²) in [4.78, 5) is 18.8. The number of aryl methyl sites for hydroxylation is 3. The van der Waals surface area contributed by atoms with Gasteiger partial charge in [-0.3, -0.25) is 4.79 Å². The molecule has 0 atom stereocenters. The Balaban J connectivity index is 1.76. The van der Waals surface area contributed by atoms with Gasteiger partial charge in [-0.1, -0.05) is 11.6 Å². The van der Waals surface area contributed by atoms with E-state index in [2.05, 4.69) is 15.2 Å². The van der Waals surface area contributed by atoms with Crippen LogP contribution in [0.3, 0.4) is 0 Å². The molecule has 0 amide bonds. The number of rotatable bonds is 3. The summed E-state index contributed by atoms with van der Waals surface area (Å²) in [5.74, 6) is -0.341. The van der Waals surface area contributed by atoms with E-state index in [1.807, 2.05) is 13.8 Å². The molecule has 3 heterocycles. The fourth-order valence-corrected chi connectivity index (χ4v) is 4.15. The van der Waals surface area contributed by atoms with Gasteiger partial charge in [0.05, 0.1) is 28.5 Å². The van der Waals surface area contributed by atoms with Gasteiger partial charge in [0.2, 0.25) is 0 Å². The molecule has 0 fully saturated rings. The van der Waals surface area contributed by atoms with Gasteiger partial charge in [0.15, 0.2) is 0 Å². The first-order valence-electron chi connectivity index (χ1n) is 8.39. The van der Waals surface area contributed by atoms with Crippen LogP contribution in [0.5, 0.6) is 0 Å². The van der Waals surface area contributed by atoms with Crippen LogP contribution in [0.4, 0.5) is 4.39 Å². The topological polar surface area (TPSA) is 65.1 Å². The Morgan fingerprint density at radius 1 is 1.21 bits per heavy atom. The van der Waals surface area contributed by atoms with Crippen molar-refractivity contribution >= 4 is 39.4 Å². The summed E-state index contributed by atoms with van der Waals surface area (Å²) in [7, 11) is 0. The van der Waals surface area contributed by atoms with Crippen molar-refractivity contribution in [1.82, 2.24) is 19.4 Å². The van der Waals surface area contributed by atoms with Gasteiger partial charge in [-0.25, -0.2) is 14.1 Å². The van der Waals surface area contributed by atoms with Crippen molar-refractivity contribution in [2.24, 2.45) is 5.10 Å². The van der Waals surface area contributed by atoms with E-state index in [9.17, 15) is 9.18 Å². The zero-order valence-corrected chi connectivity index (χ0v) is 16.8. The third-order valence-corrected chi connectivity index (χ3v) is 5.98. The van der Waals surface area contributed by atoms with Crippen molar-refractivity contribution in [3.8, 4) is 5.69 Å². The zero-order valence-electron chi connectivity index (χ0n) is 15.3. The highest BCUT2D eigenvalue weighted by atomic mass is 35.5. The van der Waals surface area contributed by atoms with Gasteiger partial charge in [-0.15, -0.1) is 11.3 Å². The van der Waals surface area contributed by atoms with E-state index in [1.165, 1.54) is 45.4 Å². The van der Waals surface area contributed by atoms with Crippen molar-refractivity contribution in [3.05, 3.63) is 73.6 Å². The van der Waals surface area contributed by atoms with Crippen LogP contribution in [-0.2, 0) is 0 Å². The quantitative estimate of drug-likeness (QED) is 0.470.